The van der Waals surface area contributed by atoms with Gasteiger partial charge in [-0.2, -0.15) is 0 Å². The number of carbonyl (C=O) groups excluding carboxylic acids is 1. The lowest BCUT2D eigenvalue weighted by atomic mass is 9.77. The highest BCUT2D eigenvalue weighted by molar-refractivity contribution is 9.10. The number of carbonyl (C=O) groups is 2. The van der Waals surface area contributed by atoms with Crippen LogP contribution < -0.4 is 0 Å². The minimum absolute atomic E-state index is 0.0115. The lowest BCUT2D eigenvalue weighted by Gasteiger charge is -2.28. The molecule has 0 radical (unpaired) electrons. The van der Waals surface area contributed by atoms with Gasteiger partial charge in [0.05, 0.1) is 6.61 Å². The second kappa shape index (κ2) is 8.14. The lowest BCUT2D eigenvalue weighted by Crippen LogP contribution is -2.46. The van der Waals surface area contributed by atoms with Crippen LogP contribution in [-0.4, -0.2) is 36.9 Å². The number of halogens is 1. The van der Waals surface area contributed by atoms with Crippen LogP contribution in [0.2, 0.25) is 0 Å². The van der Waals surface area contributed by atoms with Crippen LogP contribution in [0, 0.1) is 0 Å². The van der Waals surface area contributed by atoms with Crippen molar-refractivity contribution in [3.05, 3.63) is 34.3 Å². The maximum Gasteiger partial charge on any atom is 0.328 e. The van der Waals surface area contributed by atoms with Crippen LogP contribution in [-0.2, 0) is 24.5 Å². The molecule has 1 unspecified atom stereocenters. The van der Waals surface area contributed by atoms with Crippen LogP contribution in [0.5, 0.6) is 0 Å². The predicted octanol–water partition coefficient (Wildman–Crippen LogP) is 2.76. The Kier molecular flexibility index (Phi) is 6.84. The van der Waals surface area contributed by atoms with Crippen molar-refractivity contribution >= 4 is 27.9 Å². The van der Waals surface area contributed by atoms with E-state index in [2.05, 4.69) is 15.9 Å². The second-order valence-corrected chi connectivity index (χ2v) is 5.21. The fourth-order valence-corrected chi connectivity index (χ4v) is 2.71. The van der Waals surface area contributed by atoms with Crippen molar-refractivity contribution in [1.82, 2.24) is 0 Å². The molecule has 0 saturated carbocycles. The Hall–Kier alpha value is -1.40. The molecule has 21 heavy (non-hydrogen) atoms. The van der Waals surface area contributed by atoms with E-state index in [0.29, 0.717) is 16.6 Å². The molecule has 1 atom stereocenters. The van der Waals surface area contributed by atoms with E-state index >= 15 is 0 Å². The van der Waals surface area contributed by atoms with E-state index in [1.165, 1.54) is 0 Å². The quantitative estimate of drug-likeness (QED) is 0.439. The van der Waals surface area contributed by atoms with E-state index in [9.17, 15) is 14.7 Å². The normalized spacial score (nSPS) is 13.5. The average Bonchev–Trinajstić information content (AvgIpc) is 2.44. The van der Waals surface area contributed by atoms with E-state index in [-0.39, 0.29) is 19.6 Å². The number of hydrogen-bond donors (Lipinski definition) is 1. The minimum Gasteiger partial charge on any atom is -0.480 e. The number of aliphatic carboxylic acids is 1. The lowest BCUT2D eigenvalue weighted by molar-refractivity contribution is -0.162. The van der Waals surface area contributed by atoms with Crippen molar-refractivity contribution in [2.75, 3.05) is 19.8 Å². The van der Waals surface area contributed by atoms with Gasteiger partial charge < -0.3 is 14.6 Å². The number of carboxylic acid groups (broad SMARTS) is 1. The molecule has 0 heterocycles. The topological polar surface area (TPSA) is 72.8 Å². The molecule has 0 saturated heterocycles. The number of esters is 1. The molecule has 0 amide bonds. The van der Waals surface area contributed by atoms with E-state index in [0.717, 1.165) is 0 Å². The van der Waals surface area contributed by atoms with Crippen LogP contribution in [0.1, 0.15) is 25.8 Å². The number of ether oxygens (including phenoxy) is 2. The number of rotatable bonds is 8. The van der Waals surface area contributed by atoms with Crippen LogP contribution in [0.3, 0.4) is 0 Å². The van der Waals surface area contributed by atoms with Gasteiger partial charge in [-0.1, -0.05) is 34.1 Å². The van der Waals surface area contributed by atoms with Crippen LogP contribution in [0.4, 0.5) is 0 Å². The van der Waals surface area contributed by atoms with Gasteiger partial charge in [-0.05, 0) is 25.5 Å². The molecule has 0 aliphatic rings. The first kappa shape index (κ1) is 17.7. The summed E-state index contributed by atoms with van der Waals surface area (Å²) in [4.78, 5) is 24.3. The average molecular weight is 359 g/mol. The molecular formula is C15H19BrO5. The van der Waals surface area contributed by atoms with Crippen LogP contribution in [0.25, 0.3) is 0 Å². The first-order chi connectivity index (χ1) is 10.0. The van der Waals surface area contributed by atoms with Crippen molar-refractivity contribution < 1.29 is 24.2 Å². The first-order valence-electron chi connectivity index (χ1n) is 6.74. The monoisotopic (exact) mass is 358 g/mol. The standard InChI is InChI=1S/C15H19BrO5/c1-3-20-10-9-15(13(17)18,14(19)21-4-2)11-7-5-6-8-12(11)16/h5-8H,3-4,9-10H2,1-2H3,(H,17,18). The molecular weight excluding hydrogens is 340 g/mol. The molecule has 5 nitrogen and oxygen atoms in total. The van der Waals surface area contributed by atoms with Gasteiger partial charge in [0.2, 0.25) is 0 Å². The molecule has 0 spiro atoms. The number of hydrogen-bond acceptors (Lipinski definition) is 4. The van der Waals surface area contributed by atoms with Crippen LogP contribution >= 0.6 is 15.9 Å². The molecule has 0 aromatic heterocycles. The van der Waals surface area contributed by atoms with Crippen molar-refractivity contribution in [2.45, 2.75) is 25.7 Å². The summed E-state index contributed by atoms with van der Waals surface area (Å²) in [6.07, 6.45) is 0.0115. The Morgan fingerprint density at radius 2 is 1.90 bits per heavy atom. The maximum atomic E-state index is 12.4. The summed E-state index contributed by atoms with van der Waals surface area (Å²) in [7, 11) is 0. The van der Waals surface area contributed by atoms with Gasteiger partial charge in [0.25, 0.3) is 0 Å². The third-order valence-electron chi connectivity index (χ3n) is 3.15. The molecule has 0 aliphatic heterocycles. The summed E-state index contributed by atoms with van der Waals surface area (Å²) in [6, 6.07) is 6.76. The summed E-state index contributed by atoms with van der Waals surface area (Å²) in [5, 5.41) is 9.72. The summed E-state index contributed by atoms with van der Waals surface area (Å²) >= 11 is 3.32. The zero-order valence-electron chi connectivity index (χ0n) is 12.1. The van der Waals surface area contributed by atoms with Gasteiger partial charge in [0, 0.05) is 24.1 Å². The van der Waals surface area contributed by atoms with Gasteiger partial charge in [-0.3, -0.25) is 9.59 Å². The van der Waals surface area contributed by atoms with Crippen molar-refractivity contribution in [2.24, 2.45) is 0 Å². The fraction of sp³-hybridized carbons (Fsp3) is 0.467. The smallest absolute Gasteiger partial charge is 0.328 e. The highest BCUT2D eigenvalue weighted by atomic mass is 79.9. The molecule has 0 aliphatic carbocycles. The summed E-state index contributed by atoms with van der Waals surface area (Å²) < 4.78 is 10.8. The van der Waals surface area contributed by atoms with Crippen LogP contribution in [0.15, 0.2) is 28.7 Å². The zero-order chi connectivity index (χ0) is 15.9. The SMILES string of the molecule is CCOCCC(C(=O)O)(C(=O)OCC)c1ccccc1Br. The molecule has 0 bridgehead atoms. The zero-order valence-corrected chi connectivity index (χ0v) is 13.7. The van der Waals surface area contributed by atoms with Gasteiger partial charge in [0.15, 0.2) is 5.41 Å². The third-order valence-corrected chi connectivity index (χ3v) is 3.84. The van der Waals surface area contributed by atoms with Crippen molar-refractivity contribution in [3.63, 3.8) is 0 Å². The van der Waals surface area contributed by atoms with Crippen molar-refractivity contribution in [3.8, 4) is 0 Å². The van der Waals surface area contributed by atoms with E-state index in [1.54, 1.807) is 31.2 Å². The van der Waals surface area contributed by atoms with Crippen molar-refractivity contribution in [1.29, 1.82) is 0 Å². The minimum atomic E-state index is -1.77. The second-order valence-electron chi connectivity index (χ2n) is 4.36. The van der Waals surface area contributed by atoms with Gasteiger partial charge in [-0.25, -0.2) is 0 Å². The Morgan fingerprint density at radius 3 is 2.43 bits per heavy atom. The summed E-state index contributed by atoms with van der Waals surface area (Å²) in [5.41, 5.74) is -1.40. The Balaban J connectivity index is 3.33. The van der Waals surface area contributed by atoms with Gasteiger partial charge in [-0.15, -0.1) is 0 Å². The molecule has 1 N–H and O–H groups in total. The fourth-order valence-electron chi connectivity index (χ4n) is 2.09. The Labute approximate surface area is 132 Å². The molecule has 1 aromatic rings. The van der Waals surface area contributed by atoms with E-state index in [1.807, 2.05) is 6.92 Å². The molecule has 116 valence electrons. The van der Waals surface area contributed by atoms with E-state index in [4.69, 9.17) is 9.47 Å². The Morgan fingerprint density at radius 1 is 1.24 bits per heavy atom. The number of carboxylic acids is 1. The molecule has 1 aromatic carbocycles. The molecule has 6 heteroatoms. The highest BCUT2D eigenvalue weighted by Crippen LogP contribution is 2.35. The molecule has 0 fully saturated rings. The summed E-state index contributed by atoms with van der Waals surface area (Å²) in [5.74, 6) is -2.02. The van der Waals surface area contributed by atoms with E-state index < -0.39 is 17.4 Å². The Bertz CT molecular complexity index is 503. The number of benzene rings is 1. The largest absolute Gasteiger partial charge is 0.480 e. The van der Waals surface area contributed by atoms with Gasteiger partial charge in [0.1, 0.15) is 0 Å². The maximum absolute atomic E-state index is 12.4. The summed E-state index contributed by atoms with van der Waals surface area (Å²) in [6.45, 7) is 4.18. The highest BCUT2D eigenvalue weighted by Gasteiger charge is 2.50. The molecule has 1 rings (SSSR count). The third kappa shape index (κ3) is 3.83. The first-order valence-corrected chi connectivity index (χ1v) is 7.53. The predicted molar refractivity (Wildman–Crippen MR) is 81.2 cm³/mol. The van der Waals surface area contributed by atoms with Gasteiger partial charge >= 0.3 is 11.9 Å².